The van der Waals surface area contributed by atoms with Crippen molar-refractivity contribution in [1.29, 1.82) is 0 Å². The Morgan fingerprint density at radius 2 is 1.44 bits per heavy atom. The van der Waals surface area contributed by atoms with Crippen molar-refractivity contribution >= 4 is 23.5 Å². The topological polar surface area (TPSA) is 0 Å². The minimum atomic E-state index is -3.88. The smallest absolute Gasteiger partial charge is 0.153 e. The van der Waals surface area contributed by atoms with Gasteiger partial charge < -0.3 is 0 Å². The molecular formula is C10H14B3F5. The molecule has 0 N–H and O–H groups in total. The summed E-state index contributed by atoms with van der Waals surface area (Å²) in [4.78, 5) is 0. The molecule has 6 unspecified atom stereocenters. The van der Waals surface area contributed by atoms with Gasteiger partial charge >= 0.3 is 0 Å². The second kappa shape index (κ2) is 5.45. The summed E-state index contributed by atoms with van der Waals surface area (Å²) < 4.78 is 67.9. The molecule has 0 nitrogen and oxygen atoms in total. The number of hydrogen-bond acceptors (Lipinski definition) is 0. The zero-order valence-electron chi connectivity index (χ0n) is 10.6. The molecule has 0 aliphatic heterocycles. The highest BCUT2D eigenvalue weighted by Gasteiger charge is 2.57. The van der Waals surface area contributed by atoms with E-state index in [9.17, 15) is 22.0 Å². The molecule has 0 saturated heterocycles. The van der Waals surface area contributed by atoms with Crippen molar-refractivity contribution in [2.24, 2.45) is 5.92 Å². The third-order valence-corrected chi connectivity index (χ3v) is 3.07. The van der Waals surface area contributed by atoms with Gasteiger partial charge in [-0.2, -0.15) is 0 Å². The number of halogens is 5. The van der Waals surface area contributed by atoms with E-state index >= 15 is 0 Å². The van der Waals surface area contributed by atoms with E-state index in [2.05, 4.69) is 0 Å². The fraction of sp³-hybridized carbons (Fsp3) is 1.00. The molecule has 98 valence electrons. The highest BCUT2D eigenvalue weighted by Crippen LogP contribution is 2.41. The van der Waals surface area contributed by atoms with Gasteiger partial charge in [0, 0.05) is 5.92 Å². The first kappa shape index (κ1) is 17.8. The molecule has 6 atom stereocenters. The van der Waals surface area contributed by atoms with Crippen molar-refractivity contribution in [1.82, 2.24) is 0 Å². The third-order valence-electron chi connectivity index (χ3n) is 3.07. The van der Waals surface area contributed by atoms with Crippen LogP contribution in [0.1, 0.15) is 27.2 Å². The highest BCUT2D eigenvalue weighted by atomic mass is 19.2. The molecule has 18 heavy (non-hydrogen) atoms. The van der Waals surface area contributed by atoms with E-state index in [0.29, 0.717) is 6.92 Å². The predicted molar refractivity (Wildman–Crippen MR) is 63.7 cm³/mol. The van der Waals surface area contributed by atoms with Crippen LogP contribution in [0.15, 0.2) is 0 Å². The summed E-state index contributed by atoms with van der Waals surface area (Å²) >= 11 is 0. The molecule has 0 saturated carbocycles. The van der Waals surface area contributed by atoms with Crippen molar-refractivity contribution in [3.8, 4) is 0 Å². The normalized spacial score (nSPS) is 27.3. The Morgan fingerprint density at radius 3 is 1.67 bits per heavy atom. The minimum Gasteiger partial charge on any atom is -0.253 e. The van der Waals surface area contributed by atoms with E-state index < -0.39 is 35.0 Å². The largest absolute Gasteiger partial charge is 0.253 e. The number of hydrogen-bond donors (Lipinski definition) is 0. The maximum Gasteiger partial charge on any atom is 0.153 e. The average molecular weight is 262 g/mol. The van der Waals surface area contributed by atoms with Crippen molar-refractivity contribution in [3.63, 3.8) is 0 Å². The molecule has 0 aliphatic rings. The van der Waals surface area contributed by atoms with Crippen LogP contribution in [0.3, 0.4) is 0 Å². The van der Waals surface area contributed by atoms with Gasteiger partial charge in [0.05, 0.1) is 5.57 Å². The Kier molecular flexibility index (Phi) is 5.41. The van der Waals surface area contributed by atoms with Gasteiger partial charge in [-0.1, -0.05) is 6.92 Å². The van der Waals surface area contributed by atoms with E-state index in [0.717, 1.165) is 6.92 Å². The quantitative estimate of drug-likeness (QED) is 0.508. The van der Waals surface area contributed by atoms with Gasteiger partial charge in [0.15, 0.2) is 6.17 Å². The Hall–Kier alpha value is -0.155. The molecule has 0 amide bonds. The second-order valence-electron chi connectivity index (χ2n) is 4.73. The number of rotatable bonds is 6. The Morgan fingerprint density at radius 1 is 1.06 bits per heavy atom. The third kappa shape index (κ3) is 3.24. The van der Waals surface area contributed by atoms with Crippen molar-refractivity contribution in [3.05, 3.63) is 0 Å². The Balaban J connectivity index is 5.35. The molecular weight excluding hydrogens is 248 g/mol. The number of alkyl halides is 5. The lowest BCUT2D eigenvalue weighted by molar-refractivity contribution is -0.0577. The molecule has 0 aromatic rings. The molecule has 0 aromatic heterocycles. The minimum absolute atomic E-state index is 0.214. The lowest BCUT2D eigenvalue weighted by Crippen LogP contribution is -2.63. The van der Waals surface area contributed by atoms with Crippen molar-refractivity contribution in [2.45, 2.75) is 56.2 Å². The van der Waals surface area contributed by atoms with Crippen LogP contribution >= 0.6 is 0 Å². The van der Waals surface area contributed by atoms with Crippen LogP contribution in [-0.2, 0) is 0 Å². The standard InChI is InChI=1S/C10H14B3F5/c1-4-6(5(2)14)9(12,17)7(15)10(13,18)8(3,11)16/h5-7H,4H2,1-3H3. The summed E-state index contributed by atoms with van der Waals surface area (Å²) in [6, 6.07) is 0. The second-order valence-corrected chi connectivity index (χ2v) is 4.73. The lowest BCUT2D eigenvalue weighted by Gasteiger charge is -2.43. The van der Waals surface area contributed by atoms with E-state index in [1.165, 1.54) is 6.92 Å². The zero-order valence-corrected chi connectivity index (χ0v) is 10.6. The summed E-state index contributed by atoms with van der Waals surface area (Å²) in [5, 5.41) is 0. The molecule has 0 heterocycles. The highest BCUT2D eigenvalue weighted by molar-refractivity contribution is 6.26. The average Bonchev–Trinajstić information content (AvgIpc) is 2.14. The van der Waals surface area contributed by atoms with Gasteiger partial charge in [-0.05, 0) is 20.3 Å². The van der Waals surface area contributed by atoms with Crippen LogP contribution in [0.2, 0.25) is 0 Å². The summed E-state index contributed by atoms with van der Waals surface area (Å²) in [5.74, 6) is -1.67. The fourth-order valence-electron chi connectivity index (χ4n) is 1.75. The monoisotopic (exact) mass is 262 g/mol. The first-order valence-corrected chi connectivity index (χ1v) is 5.51. The van der Waals surface area contributed by atoms with E-state index in [-0.39, 0.29) is 6.42 Å². The van der Waals surface area contributed by atoms with E-state index in [4.69, 9.17) is 23.5 Å². The molecule has 0 aromatic carbocycles. The summed E-state index contributed by atoms with van der Waals surface area (Å²) in [6.45, 7) is 2.72. The van der Waals surface area contributed by atoms with Crippen LogP contribution in [-0.4, -0.2) is 52.6 Å². The molecule has 8 heteroatoms. The van der Waals surface area contributed by atoms with Crippen LogP contribution in [0.25, 0.3) is 0 Å². The molecule has 0 rings (SSSR count). The summed E-state index contributed by atoms with van der Waals surface area (Å²) in [6.07, 6.45) is -5.38. The van der Waals surface area contributed by atoms with Crippen LogP contribution in [0.5, 0.6) is 0 Å². The zero-order chi connectivity index (χ0) is 14.9. The van der Waals surface area contributed by atoms with Gasteiger partial charge in [-0.15, -0.1) is 0 Å². The van der Waals surface area contributed by atoms with Crippen molar-refractivity contribution < 1.29 is 22.0 Å². The summed E-state index contributed by atoms with van der Waals surface area (Å²) in [7, 11) is 14.4. The van der Waals surface area contributed by atoms with Gasteiger partial charge in [-0.3, -0.25) is 8.78 Å². The lowest BCUT2D eigenvalue weighted by atomic mass is 9.53. The van der Waals surface area contributed by atoms with E-state index in [1.54, 1.807) is 0 Å². The van der Waals surface area contributed by atoms with Crippen LogP contribution < -0.4 is 0 Å². The molecule has 0 spiro atoms. The fourth-order valence-corrected chi connectivity index (χ4v) is 1.75. The van der Waals surface area contributed by atoms with Gasteiger partial charge in [-0.25, -0.2) is 13.2 Å². The molecule has 6 radical (unpaired) electrons. The predicted octanol–water partition coefficient (Wildman–Crippen LogP) is 2.23. The molecule has 0 aliphatic carbocycles. The van der Waals surface area contributed by atoms with Gasteiger partial charge in [0.2, 0.25) is 0 Å². The SMILES string of the molecule is [B]C(F)(C(CC)C(C)F)C(F)C([B])(F)C([B])(C)F. The van der Waals surface area contributed by atoms with Gasteiger partial charge in [0.1, 0.15) is 40.8 Å². The summed E-state index contributed by atoms with van der Waals surface area (Å²) in [5.41, 5.74) is -10.7. The van der Waals surface area contributed by atoms with Crippen LogP contribution in [0.4, 0.5) is 22.0 Å². The Bertz CT molecular complexity index is 275. The maximum atomic E-state index is 14.0. The maximum absolute atomic E-state index is 14.0. The van der Waals surface area contributed by atoms with Gasteiger partial charge in [0.25, 0.3) is 0 Å². The van der Waals surface area contributed by atoms with E-state index in [1.807, 2.05) is 0 Å². The van der Waals surface area contributed by atoms with Crippen LogP contribution in [0, 0.1) is 5.92 Å². The van der Waals surface area contributed by atoms with Crippen molar-refractivity contribution in [2.75, 3.05) is 0 Å². The first-order valence-electron chi connectivity index (χ1n) is 5.51. The first-order chi connectivity index (χ1) is 7.80. The molecule has 0 bridgehead atoms. The Labute approximate surface area is 108 Å². The molecule has 0 fully saturated rings.